The number of carbonyl (C=O) groups is 1. The minimum atomic E-state index is -3.19. The van der Waals surface area contributed by atoms with Crippen LogP contribution in [0.2, 0.25) is 0 Å². The number of nitrogens with one attached hydrogen (secondary N) is 1. The molecule has 0 aliphatic rings. The summed E-state index contributed by atoms with van der Waals surface area (Å²) in [6.45, 7) is 5.81. The average molecular weight is 413 g/mol. The maximum Gasteiger partial charge on any atom is 0.260 e. The quantitative estimate of drug-likeness (QED) is 0.656. The molecule has 1 heterocycles. The zero-order chi connectivity index (χ0) is 21.2. The van der Waals surface area contributed by atoms with Gasteiger partial charge in [0.15, 0.2) is 15.7 Å². The molecule has 152 valence electrons. The average Bonchev–Trinajstić information content (AvgIpc) is 3.12. The van der Waals surface area contributed by atoms with Gasteiger partial charge in [-0.3, -0.25) is 4.79 Å². The van der Waals surface area contributed by atoms with Gasteiger partial charge in [-0.15, -0.1) is 0 Å². The summed E-state index contributed by atoms with van der Waals surface area (Å²) in [5.74, 6) is 0.571. The predicted molar refractivity (Wildman–Crippen MR) is 112 cm³/mol. The van der Waals surface area contributed by atoms with Gasteiger partial charge in [0.2, 0.25) is 0 Å². The maximum absolute atomic E-state index is 12.9. The van der Waals surface area contributed by atoms with Gasteiger partial charge >= 0.3 is 0 Å². The van der Waals surface area contributed by atoms with Gasteiger partial charge < -0.3 is 9.84 Å². The number of aryl methyl sites for hydroxylation is 1. The second kappa shape index (κ2) is 8.16. The molecule has 0 spiro atoms. The van der Waals surface area contributed by atoms with Crippen molar-refractivity contribution in [3.63, 3.8) is 0 Å². The minimum Gasteiger partial charge on any atom is -0.334 e. The number of sulfone groups is 1. The Kier molecular flexibility index (Phi) is 5.83. The van der Waals surface area contributed by atoms with Crippen molar-refractivity contribution >= 4 is 21.4 Å². The van der Waals surface area contributed by atoms with E-state index >= 15 is 0 Å². The zero-order valence-electron chi connectivity index (χ0n) is 16.8. The van der Waals surface area contributed by atoms with Crippen LogP contribution in [0.1, 0.15) is 47.1 Å². The summed E-state index contributed by atoms with van der Waals surface area (Å²) in [5, 5.41) is 6.90. The number of amides is 1. The Balaban J connectivity index is 1.92. The van der Waals surface area contributed by atoms with Gasteiger partial charge in [0.25, 0.3) is 11.8 Å². The van der Waals surface area contributed by atoms with Crippen molar-refractivity contribution < 1.29 is 17.7 Å². The molecule has 8 heteroatoms. The molecule has 3 rings (SSSR count). The summed E-state index contributed by atoms with van der Waals surface area (Å²) < 4.78 is 28.5. The number of aromatic nitrogens is 2. The van der Waals surface area contributed by atoms with Crippen molar-refractivity contribution in [1.29, 1.82) is 0 Å². The van der Waals surface area contributed by atoms with Crippen LogP contribution in [0, 0.1) is 6.92 Å². The van der Waals surface area contributed by atoms with Gasteiger partial charge in [-0.2, -0.15) is 4.98 Å². The molecule has 1 amide bonds. The lowest BCUT2D eigenvalue weighted by atomic mass is 10.1. The molecule has 1 N–H and O–H groups in total. The van der Waals surface area contributed by atoms with Crippen molar-refractivity contribution in [3.05, 3.63) is 65.0 Å². The standard InChI is InChI=1S/C21H23N3O4S/c1-13(2)19-23-21(28-24-19)17-10-5-7-14(3)18(17)22-20(25)16-9-6-8-15(11-16)12-29(4,26)27/h5-11,13H,12H2,1-4H3,(H,22,25). The van der Waals surface area contributed by atoms with Gasteiger partial charge in [-0.25, -0.2) is 8.42 Å². The third-order valence-electron chi connectivity index (χ3n) is 4.32. The molecular formula is C21H23N3O4S. The second-order valence-electron chi connectivity index (χ2n) is 7.33. The first-order valence-corrected chi connectivity index (χ1v) is 11.2. The number of benzene rings is 2. The Morgan fingerprint density at radius 3 is 2.55 bits per heavy atom. The van der Waals surface area contributed by atoms with Crippen LogP contribution in [0.5, 0.6) is 0 Å². The van der Waals surface area contributed by atoms with Gasteiger partial charge in [0.1, 0.15) is 0 Å². The number of nitrogens with zero attached hydrogens (tertiary/aromatic N) is 2. The lowest BCUT2D eigenvalue weighted by Gasteiger charge is -2.12. The molecule has 0 atom stereocenters. The normalized spacial score (nSPS) is 11.6. The fraction of sp³-hybridized carbons (Fsp3) is 0.286. The first-order chi connectivity index (χ1) is 13.6. The van der Waals surface area contributed by atoms with Crippen molar-refractivity contribution in [3.8, 4) is 11.5 Å². The van der Waals surface area contributed by atoms with Crippen LogP contribution in [-0.4, -0.2) is 30.7 Å². The highest BCUT2D eigenvalue weighted by Crippen LogP contribution is 2.31. The molecule has 0 saturated heterocycles. The van der Waals surface area contributed by atoms with E-state index < -0.39 is 9.84 Å². The van der Waals surface area contributed by atoms with Crippen molar-refractivity contribution in [1.82, 2.24) is 10.1 Å². The molecule has 0 radical (unpaired) electrons. The van der Waals surface area contributed by atoms with E-state index in [-0.39, 0.29) is 17.6 Å². The van der Waals surface area contributed by atoms with Crippen LogP contribution < -0.4 is 5.32 Å². The lowest BCUT2D eigenvalue weighted by Crippen LogP contribution is -2.14. The fourth-order valence-corrected chi connectivity index (χ4v) is 3.67. The Labute approximate surface area is 170 Å². The molecule has 29 heavy (non-hydrogen) atoms. The smallest absolute Gasteiger partial charge is 0.260 e. The molecule has 3 aromatic rings. The highest BCUT2D eigenvalue weighted by Gasteiger charge is 2.18. The van der Waals surface area contributed by atoms with Crippen LogP contribution >= 0.6 is 0 Å². The van der Waals surface area contributed by atoms with E-state index in [2.05, 4.69) is 15.5 Å². The highest BCUT2D eigenvalue weighted by atomic mass is 32.2. The first-order valence-electron chi connectivity index (χ1n) is 9.15. The summed E-state index contributed by atoms with van der Waals surface area (Å²) in [7, 11) is -3.19. The first kappa shape index (κ1) is 20.7. The number of hydrogen-bond acceptors (Lipinski definition) is 6. The van der Waals surface area contributed by atoms with E-state index in [9.17, 15) is 13.2 Å². The maximum atomic E-state index is 12.9. The van der Waals surface area contributed by atoms with Crippen LogP contribution in [0.4, 0.5) is 5.69 Å². The van der Waals surface area contributed by atoms with E-state index in [4.69, 9.17) is 4.52 Å². The van der Waals surface area contributed by atoms with Crippen molar-refractivity contribution in [2.45, 2.75) is 32.4 Å². The van der Waals surface area contributed by atoms with Crippen LogP contribution in [0.3, 0.4) is 0 Å². The molecule has 7 nitrogen and oxygen atoms in total. The monoisotopic (exact) mass is 413 g/mol. The van der Waals surface area contributed by atoms with Crippen LogP contribution in [0.25, 0.3) is 11.5 Å². The van der Waals surface area contributed by atoms with Crippen LogP contribution in [-0.2, 0) is 15.6 Å². The van der Waals surface area contributed by atoms with E-state index in [0.717, 1.165) is 11.8 Å². The molecule has 0 saturated carbocycles. The second-order valence-corrected chi connectivity index (χ2v) is 9.47. The molecule has 2 aromatic carbocycles. The number of para-hydroxylation sites is 1. The third-order valence-corrected chi connectivity index (χ3v) is 5.18. The fourth-order valence-electron chi connectivity index (χ4n) is 2.88. The number of anilines is 1. The Hall–Kier alpha value is -3.00. The molecule has 0 aliphatic carbocycles. The van der Waals surface area contributed by atoms with Crippen molar-refractivity contribution in [2.24, 2.45) is 0 Å². The molecule has 0 fully saturated rings. The predicted octanol–water partition coefficient (Wildman–Crippen LogP) is 3.97. The molecule has 0 bridgehead atoms. The van der Waals surface area contributed by atoms with E-state index in [1.807, 2.05) is 32.9 Å². The number of hydrogen-bond donors (Lipinski definition) is 1. The Morgan fingerprint density at radius 2 is 1.90 bits per heavy atom. The third kappa shape index (κ3) is 5.08. The summed E-state index contributed by atoms with van der Waals surface area (Å²) in [4.78, 5) is 17.3. The largest absolute Gasteiger partial charge is 0.334 e. The van der Waals surface area contributed by atoms with Gasteiger partial charge in [-0.05, 0) is 36.2 Å². The summed E-state index contributed by atoms with van der Waals surface area (Å²) in [6, 6.07) is 12.1. The number of carbonyl (C=O) groups excluding carboxylic acids is 1. The zero-order valence-corrected chi connectivity index (χ0v) is 17.6. The SMILES string of the molecule is Cc1cccc(-c2nc(C(C)C)no2)c1NC(=O)c1cccc(CS(C)(=O)=O)c1. The van der Waals surface area contributed by atoms with Crippen LogP contribution in [0.15, 0.2) is 47.0 Å². The lowest BCUT2D eigenvalue weighted by molar-refractivity contribution is 0.102. The molecule has 0 unspecified atom stereocenters. The van der Waals surface area contributed by atoms with Gasteiger partial charge in [0.05, 0.1) is 17.0 Å². The molecule has 1 aromatic heterocycles. The topological polar surface area (TPSA) is 102 Å². The van der Waals surface area contributed by atoms with E-state index in [1.165, 1.54) is 0 Å². The minimum absolute atomic E-state index is 0.118. The summed E-state index contributed by atoms with van der Waals surface area (Å²) in [6.07, 6.45) is 1.16. The van der Waals surface area contributed by atoms with Gasteiger partial charge in [0, 0.05) is 17.7 Å². The van der Waals surface area contributed by atoms with E-state index in [1.54, 1.807) is 30.3 Å². The molecule has 0 aliphatic heterocycles. The Morgan fingerprint density at radius 1 is 1.17 bits per heavy atom. The summed E-state index contributed by atoms with van der Waals surface area (Å²) >= 11 is 0. The highest BCUT2D eigenvalue weighted by molar-refractivity contribution is 7.89. The number of rotatable bonds is 6. The molecular weight excluding hydrogens is 390 g/mol. The van der Waals surface area contributed by atoms with Crippen molar-refractivity contribution in [2.75, 3.05) is 11.6 Å². The summed E-state index contributed by atoms with van der Waals surface area (Å²) in [5.41, 5.74) is 2.97. The van der Waals surface area contributed by atoms with E-state index in [0.29, 0.717) is 34.1 Å². The Bertz CT molecular complexity index is 1150. The van der Waals surface area contributed by atoms with Gasteiger partial charge in [-0.1, -0.05) is 43.3 Å².